The van der Waals surface area contributed by atoms with Crippen molar-refractivity contribution in [2.45, 2.75) is 26.7 Å². The third-order valence-electron chi connectivity index (χ3n) is 1.99. The predicted octanol–water partition coefficient (Wildman–Crippen LogP) is 2.26. The second-order valence-corrected chi connectivity index (χ2v) is 3.89. The van der Waals surface area contributed by atoms with Crippen molar-refractivity contribution in [2.75, 3.05) is 12.0 Å². The lowest BCUT2D eigenvalue weighted by Crippen LogP contribution is -2.07. The third kappa shape index (κ3) is 5.58. The number of anilines is 1. The van der Waals surface area contributed by atoms with Gasteiger partial charge in [0, 0.05) is 5.71 Å². The fraction of sp³-hybridized carbons (Fsp3) is 0.455. The van der Waals surface area contributed by atoms with Crippen LogP contribution in [-0.4, -0.2) is 28.5 Å². The molecule has 1 aromatic heterocycles. The Balaban J connectivity index is 2.37. The standard InChI is InChI=1S/C11H15ClN4O2/c1-3-18-11(17)7-4-8(2)13-15-10-6-5-9(12)14-16-10/h5-6H,3-4,7H2,1-2H3,(H,15,16)/b13-8-. The van der Waals surface area contributed by atoms with Crippen LogP contribution in [0.25, 0.3) is 0 Å². The van der Waals surface area contributed by atoms with E-state index in [9.17, 15) is 4.79 Å². The van der Waals surface area contributed by atoms with Gasteiger partial charge in [0.2, 0.25) is 0 Å². The number of esters is 1. The van der Waals surface area contributed by atoms with Crippen molar-refractivity contribution in [3.05, 3.63) is 17.3 Å². The van der Waals surface area contributed by atoms with Crippen LogP contribution in [0.15, 0.2) is 17.2 Å². The van der Waals surface area contributed by atoms with Gasteiger partial charge in [0.25, 0.3) is 0 Å². The largest absolute Gasteiger partial charge is 0.466 e. The number of rotatable bonds is 6. The van der Waals surface area contributed by atoms with E-state index in [1.54, 1.807) is 19.1 Å². The average molecular weight is 271 g/mol. The highest BCUT2D eigenvalue weighted by Gasteiger charge is 2.02. The van der Waals surface area contributed by atoms with Crippen LogP contribution in [0.4, 0.5) is 5.82 Å². The van der Waals surface area contributed by atoms with E-state index in [0.717, 1.165) is 5.71 Å². The third-order valence-corrected chi connectivity index (χ3v) is 2.19. The molecule has 1 rings (SSSR count). The molecule has 98 valence electrons. The van der Waals surface area contributed by atoms with Gasteiger partial charge in [-0.3, -0.25) is 10.2 Å². The highest BCUT2D eigenvalue weighted by Crippen LogP contribution is 2.06. The van der Waals surface area contributed by atoms with Crippen LogP contribution < -0.4 is 5.43 Å². The Hall–Kier alpha value is -1.69. The van der Waals surface area contributed by atoms with Crippen molar-refractivity contribution in [2.24, 2.45) is 5.10 Å². The molecule has 1 aromatic rings. The fourth-order valence-corrected chi connectivity index (χ4v) is 1.20. The summed E-state index contributed by atoms with van der Waals surface area (Å²) in [5, 5.41) is 11.8. The number of ether oxygens (including phenoxy) is 1. The van der Waals surface area contributed by atoms with Gasteiger partial charge < -0.3 is 4.74 Å². The van der Waals surface area contributed by atoms with E-state index in [4.69, 9.17) is 16.3 Å². The summed E-state index contributed by atoms with van der Waals surface area (Å²) in [6.07, 6.45) is 0.851. The smallest absolute Gasteiger partial charge is 0.306 e. The molecule has 0 aromatic carbocycles. The lowest BCUT2D eigenvalue weighted by atomic mass is 10.2. The summed E-state index contributed by atoms with van der Waals surface area (Å²) < 4.78 is 4.82. The molecule has 0 aliphatic rings. The number of halogens is 1. The van der Waals surface area contributed by atoms with Gasteiger partial charge in [-0.05, 0) is 32.4 Å². The number of aromatic nitrogens is 2. The zero-order valence-electron chi connectivity index (χ0n) is 10.3. The van der Waals surface area contributed by atoms with Gasteiger partial charge in [0.1, 0.15) is 0 Å². The SMILES string of the molecule is CCOC(=O)CC/C(C)=N\Nc1ccc(Cl)nn1. The summed E-state index contributed by atoms with van der Waals surface area (Å²) >= 11 is 5.60. The van der Waals surface area contributed by atoms with Crippen molar-refractivity contribution < 1.29 is 9.53 Å². The van der Waals surface area contributed by atoms with Crippen molar-refractivity contribution >= 4 is 29.1 Å². The number of hydrazone groups is 1. The van der Waals surface area contributed by atoms with Crippen molar-refractivity contribution in [3.63, 3.8) is 0 Å². The lowest BCUT2D eigenvalue weighted by molar-refractivity contribution is -0.142. The molecule has 0 atom stereocenters. The van der Waals surface area contributed by atoms with Gasteiger partial charge in [-0.1, -0.05) is 11.6 Å². The predicted molar refractivity (Wildman–Crippen MR) is 69.6 cm³/mol. The Morgan fingerprint density at radius 3 is 2.83 bits per heavy atom. The van der Waals surface area contributed by atoms with Crippen LogP contribution in [0.5, 0.6) is 0 Å². The van der Waals surface area contributed by atoms with Gasteiger partial charge in [0.15, 0.2) is 11.0 Å². The summed E-state index contributed by atoms with van der Waals surface area (Å²) in [6.45, 7) is 3.99. The molecule has 0 unspecified atom stereocenters. The number of carbonyl (C=O) groups excluding carboxylic acids is 1. The van der Waals surface area contributed by atoms with Crippen LogP contribution in [-0.2, 0) is 9.53 Å². The van der Waals surface area contributed by atoms with E-state index in [-0.39, 0.29) is 5.97 Å². The molecular formula is C11H15ClN4O2. The summed E-state index contributed by atoms with van der Waals surface area (Å²) in [5.41, 5.74) is 3.51. The van der Waals surface area contributed by atoms with Gasteiger partial charge in [-0.15, -0.1) is 10.2 Å². The van der Waals surface area contributed by atoms with Crippen molar-refractivity contribution in [1.82, 2.24) is 10.2 Å². The monoisotopic (exact) mass is 270 g/mol. The minimum atomic E-state index is -0.224. The lowest BCUT2D eigenvalue weighted by Gasteiger charge is -2.02. The molecule has 0 spiro atoms. The van der Waals surface area contributed by atoms with E-state index in [1.807, 2.05) is 6.92 Å². The fourth-order valence-electron chi connectivity index (χ4n) is 1.10. The average Bonchev–Trinajstić information content (AvgIpc) is 2.36. The number of nitrogens with zero attached hydrogens (tertiary/aromatic N) is 3. The van der Waals surface area contributed by atoms with Crippen molar-refractivity contribution in [1.29, 1.82) is 0 Å². The Morgan fingerprint density at radius 1 is 1.44 bits per heavy atom. The number of hydrogen-bond donors (Lipinski definition) is 1. The second-order valence-electron chi connectivity index (χ2n) is 3.51. The maximum absolute atomic E-state index is 11.1. The number of nitrogens with one attached hydrogen (secondary N) is 1. The van der Waals surface area contributed by atoms with Crippen LogP contribution >= 0.6 is 11.6 Å². The first-order valence-electron chi connectivity index (χ1n) is 5.56. The van der Waals surface area contributed by atoms with Crippen LogP contribution in [0.1, 0.15) is 26.7 Å². The maximum atomic E-state index is 11.1. The molecule has 7 heteroatoms. The topological polar surface area (TPSA) is 76.5 Å². The minimum Gasteiger partial charge on any atom is -0.466 e. The Morgan fingerprint density at radius 2 is 2.22 bits per heavy atom. The van der Waals surface area contributed by atoms with E-state index in [2.05, 4.69) is 20.7 Å². The summed E-state index contributed by atoms with van der Waals surface area (Å²) in [5.74, 6) is 0.271. The first-order valence-corrected chi connectivity index (χ1v) is 5.93. The molecule has 1 heterocycles. The van der Waals surface area contributed by atoms with Crippen LogP contribution in [0.3, 0.4) is 0 Å². The zero-order valence-corrected chi connectivity index (χ0v) is 11.1. The van der Waals surface area contributed by atoms with E-state index >= 15 is 0 Å². The van der Waals surface area contributed by atoms with Gasteiger partial charge in [-0.2, -0.15) is 5.10 Å². The quantitative estimate of drug-likeness (QED) is 0.487. The number of hydrogen-bond acceptors (Lipinski definition) is 6. The molecule has 0 fully saturated rings. The molecule has 0 radical (unpaired) electrons. The highest BCUT2D eigenvalue weighted by atomic mass is 35.5. The van der Waals surface area contributed by atoms with Crippen LogP contribution in [0, 0.1) is 0 Å². The summed E-state index contributed by atoms with van der Waals surface area (Å²) in [6, 6.07) is 3.28. The van der Waals surface area contributed by atoms with Gasteiger partial charge >= 0.3 is 5.97 Å². The minimum absolute atomic E-state index is 0.224. The normalized spacial score (nSPS) is 11.2. The Labute approximate surface area is 110 Å². The maximum Gasteiger partial charge on any atom is 0.306 e. The molecular weight excluding hydrogens is 256 g/mol. The van der Waals surface area contributed by atoms with E-state index in [1.165, 1.54) is 0 Å². The first kappa shape index (κ1) is 14.4. The van der Waals surface area contributed by atoms with Gasteiger partial charge in [0.05, 0.1) is 13.0 Å². The van der Waals surface area contributed by atoms with E-state index in [0.29, 0.717) is 30.4 Å². The van der Waals surface area contributed by atoms with Crippen molar-refractivity contribution in [3.8, 4) is 0 Å². The molecule has 0 saturated carbocycles. The molecule has 0 bridgehead atoms. The Bertz CT molecular complexity index is 420. The number of carbonyl (C=O) groups is 1. The van der Waals surface area contributed by atoms with Gasteiger partial charge in [-0.25, -0.2) is 0 Å². The molecule has 6 nitrogen and oxygen atoms in total. The molecule has 1 N–H and O–H groups in total. The molecule has 0 aliphatic carbocycles. The molecule has 0 saturated heterocycles. The summed E-state index contributed by atoms with van der Waals surface area (Å²) in [7, 11) is 0. The first-order chi connectivity index (χ1) is 8.61. The summed E-state index contributed by atoms with van der Waals surface area (Å²) in [4.78, 5) is 11.1. The highest BCUT2D eigenvalue weighted by molar-refractivity contribution is 6.29. The second kappa shape index (κ2) is 7.60. The van der Waals surface area contributed by atoms with E-state index < -0.39 is 0 Å². The molecule has 18 heavy (non-hydrogen) atoms. The van der Waals surface area contributed by atoms with Crippen LogP contribution in [0.2, 0.25) is 5.15 Å². The zero-order chi connectivity index (χ0) is 13.4. The molecule has 0 aliphatic heterocycles. The molecule has 0 amide bonds. The Kier molecular flexibility index (Phi) is 6.07.